The van der Waals surface area contributed by atoms with Gasteiger partial charge in [0.25, 0.3) is 0 Å². The van der Waals surface area contributed by atoms with Crippen LogP contribution in [0.1, 0.15) is 17.4 Å². The van der Waals surface area contributed by atoms with Crippen molar-refractivity contribution < 1.29 is 22.6 Å². The van der Waals surface area contributed by atoms with Crippen molar-refractivity contribution in [2.24, 2.45) is 0 Å². The number of hydrogen-bond acceptors (Lipinski definition) is 2. The molecule has 94 valence electrons. The Kier molecular flexibility index (Phi) is 3.82. The van der Waals surface area contributed by atoms with Gasteiger partial charge in [0.2, 0.25) is 0 Å². The first-order valence-electron chi connectivity index (χ1n) is 4.69. The second-order valence-electron chi connectivity index (χ2n) is 3.42. The van der Waals surface area contributed by atoms with Gasteiger partial charge in [-0.15, -0.1) is 0 Å². The van der Waals surface area contributed by atoms with Crippen LogP contribution in [0.4, 0.5) is 13.2 Å². The summed E-state index contributed by atoms with van der Waals surface area (Å²) in [7, 11) is 0. The van der Waals surface area contributed by atoms with E-state index < -0.39 is 18.0 Å². The van der Waals surface area contributed by atoms with E-state index in [0.29, 0.717) is 27.7 Å². The summed E-state index contributed by atoms with van der Waals surface area (Å²) in [4.78, 5) is 0. The maximum absolute atomic E-state index is 12.6. The van der Waals surface area contributed by atoms with E-state index in [1.165, 1.54) is 0 Å². The molecule has 1 saturated heterocycles. The van der Waals surface area contributed by atoms with Crippen LogP contribution in [0.5, 0.6) is 0 Å². The zero-order chi connectivity index (χ0) is 12.6. The van der Waals surface area contributed by atoms with E-state index in [1.54, 1.807) is 0 Å². The molecular weight excluding hydrogens is 369 g/mol. The molecule has 1 aliphatic rings. The first kappa shape index (κ1) is 13.3. The summed E-state index contributed by atoms with van der Waals surface area (Å²) < 4.78 is 48.8. The van der Waals surface area contributed by atoms with Crippen molar-refractivity contribution in [3.8, 4) is 0 Å². The van der Waals surface area contributed by atoms with Gasteiger partial charge in [-0.05, 0) is 12.1 Å². The minimum absolute atomic E-state index is 0.311. The zero-order valence-electron chi connectivity index (χ0n) is 8.35. The van der Waals surface area contributed by atoms with Crippen molar-refractivity contribution >= 4 is 31.9 Å². The van der Waals surface area contributed by atoms with Gasteiger partial charge < -0.3 is 9.47 Å². The van der Waals surface area contributed by atoms with E-state index >= 15 is 0 Å². The fourth-order valence-electron chi connectivity index (χ4n) is 1.50. The van der Waals surface area contributed by atoms with Crippen molar-refractivity contribution in [1.82, 2.24) is 0 Å². The maximum Gasteiger partial charge on any atom is 0.416 e. The van der Waals surface area contributed by atoms with Crippen molar-refractivity contribution in [3.63, 3.8) is 0 Å². The fraction of sp³-hybridized carbons (Fsp3) is 0.400. The Labute approximate surface area is 112 Å². The monoisotopic (exact) mass is 374 g/mol. The van der Waals surface area contributed by atoms with E-state index in [1.807, 2.05) is 0 Å². The number of hydrogen-bond donors (Lipinski definition) is 0. The normalized spacial score (nSPS) is 17.7. The zero-order valence-corrected chi connectivity index (χ0v) is 11.5. The number of alkyl halides is 3. The summed E-state index contributed by atoms with van der Waals surface area (Å²) in [5.74, 6) is 0. The molecule has 7 heteroatoms. The van der Waals surface area contributed by atoms with Crippen molar-refractivity contribution in [2.45, 2.75) is 12.5 Å². The van der Waals surface area contributed by atoms with Gasteiger partial charge in [-0.3, -0.25) is 0 Å². The van der Waals surface area contributed by atoms with Crippen LogP contribution >= 0.6 is 31.9 Å². The minimum Gasteiger partial charge on any atom is -0.346 e. The third-order valence-electron chi connectivity index (χ3n) is 2.26. The average Bonchev–Trinajstić information content (AvgIpc) is 2.68. The summed E-state index contributed by atoms with van der Waals surface area (Å²) in [5.41, 5.74) is -0.187. The molecule has 1 aromatic rings. The molecule has 0 amide bonds. The van der Waals surface area contributed by atoms with Crippen LogP contribution in [-0.2, 0) is 15.7 Å². The number of rotatable bonds is 1. The molecule has 0 saturated carbocycles. The Bertz CT molecular complexity index is 405. The van der Waals surface area contributed by atoms with E-state index in [2.05, 4.69) is 31.9 Å². The molecule has 0 atom stereocenters. The highest BCUT2D eigenvalue weighted by Gasteiger charge is 2.33. The molecule has 1 aliphatic heterocycles. The lowest BCUT2D eigenvalue weighted by Gasteiger charge is -2.16. The van der Waals surface area contributed by atoms with Gasteiger partial charge in [-0.1, -0.05) is 31.9 Å². The first-order chi connectivity index (χ1) is 7.89. The van der Waals surface area contributed by atoms with Gasteiger partial charge in [-0.2, -0.15) is 13.2 Å². The van der Waals surface area contributed by atoms with Crippen LogP contribution in [-0.4, -0.2) is 13.2 Å². The molecular formula is C10H7Br2F3O2. The Morgan fingerprint density at radius 1 is 1.06 bits per heavy atom. The summed E-state index contributed by atoms with van der Waals surface area (Å²) in [6.07, 6.45) is -5.00. The Morgan fingerprint density at radius 3 is 1.94 bits per heavy atom. The highest BCUT2D eigenvalue weighted by atomic mass is 79.9. The van der Waals surface area contributed by atoms with E-state index in [9.17, 15) is 13.2 Å². The Balaban J connectivity index is 2.42. The molecule has 2 rings (SSSR count). The largest absolute Gasteiger partial charge is 0.416 e. The lowest BCUT2D eigenvalue weighted by atomic mass is 10.1. The van der Waals surface area contributed by atoms with Gasteiger partial charge in [0.15, 0.2) is 6.29 Å². The average molecular weight is 376 g/mol. The summed E-state index contributed by atoms with van der Waals surface area (Å²) >= 11 is 6.22. The number of benzene rings is 1. The smallest absolute Gasteiger partial charge is 0.346 e. The second-order valence-corrected chi connectivity index (χ2v) is 5.13. The van der Waals surface area contributed by atoms with Crippen LogP contribution in [0.3, 0.4) is 0 Å². The predicted molar refractivity (Wildman–Crippen MR) is 61.5 cm³/mol. The molecule has 1 fully saturated rings. The fourth-order valence-corrected chi connectivity index (χ4v) is 3.06. The topological polar surface area (TPSA) is 18.5 Å². The molecule has 0 aromatic heterocycles. The predicted octanol–water partition coefficient (Wildman–Crippen LogP) is 4.28. The van der Waals surface area contributed by atoms with Gasteiger partial charge in [0.1, 0.15) is 0 Å². The van der Waals surface area contributed by atoms with Gasteiger partial charge in [0, 0.05) is 14.5 Å². The molecule has 0 radical (unpaired) electrons. The molecule has 17 heavy (non-hydrogen) atoms. The van der Waals surface area contributed by atoms with Crippen LogP contribution in [0.2, 0.25) is 0 Å². The Morgan fingerprint density at radius 2 is 1.53 bits per heavy atom. The standard InChI is InChI=1S/C10H7Br2F3O2/c11-6-3-5(10(13,14)15)4-7(12)8(6)9-16-1-2-17-9/h3-4,9H,1-2H2. The summed E-state index contributed by atoms with van der Waals surface area (Å²) in [6, 6.07) is 2.04. The SMILES string of the molecule is FC(F)(F)c1cc(Br)c(C2OCCO2)c(Br)c1. The quantitative estimate of drug-likeness (QED) is 0.729. The Hall–Kier alpha value is -0.110. The van der Waals surface area contributed by atoms with Gasteiger partial charge in [0.05, 0.1) is 18.8 Å². The van der Waals surface area contributed by atoms with E-state index in [-0.39, 0.29) is 0 Å². The van der Waals surface area contributed by atoms with Gasteiger partial charge in [-0.25, -0.2) is 0 Å². The van der Waals surface area contributed by atoms with E-state index in [0.717, 1.165) is 12.1 Å². The lowest BCUT2D eigenvalue weighted by molar-refractivity contribution is -0.137. The van der Waals surface area contributed by atoms with Crippen molar-refractivity contribution in [2.75, 3.05) is 13.2 Å². The van der Waals surface area contributed by atoms with Crippen LogP contribution < -0.4 is 0 Å². The lowest BCUT2D eigenvalue weighted by Crippen LogP contribution is -2.08. The number of ether oxygens (including phenoxy) is 2. The minimum atomic E-state index is -4.37. The second kappa shape index (κ2) is 4.87. The summed E-state index contributed by atoms with van der Waals surface area (Å²) in [5, 5.41) is 0. The first-order valence-corrected chi connectivity index (χ1v) is 6.27. The molecule has 0 aliphatic carbocycles. The molecule has 1 aromatic carbocycles. The van der Waals surface area contributed by atoms with Gasteiger partial charge >= 0.3 is 6.18 Å². The summed E-state index contributed by atoms with van der Waals surface area (Å²) in [6.45, 7) is 0.870. The molecule has 0 N–H and O–H groups in total. The van der Waals surface area contributed by atoms with Crippen molar-refractivity contribution in [3.05, 3.63) is 32.2 Å². The third-order valence-corrected chi connectivity index (χ3v) is 3.58. The molecule has 0 unspecified atom stereocenters. The van der Waals surface area contributed by atoms with Crippen molar-refractivity contribution in [1.29, 1.82) is 0 Å². The maximum atomic E-state index is 12.6. The third kappa shape index (κ3) is 2.83. The molecule has 0 spiro atoms. The number of halogens is 5. The highest BCUT2D eigenvalue weighted by Crippen LogP contribution is 2.40. The molecule has 0 bridgehead atoms. The highest BCUT2D eigenvalue weighted by molar-refractivity contribution is 9.11. The van der Waals surface area contributed by atoms with Crippen LogP contribution in [0, 0.1) is 0 Å². The molecule has 1 heterocycles. The van der Waals surface area contributed by atoms with Crippen LogP contribution in [0.15, 0.2) is 21.1 Å². The molecule has 2 nitrogen and oxygen atoms in total. The van der Waals surface area contributed by atoms with E-state index in [4.69, 9.17) is 9.47 Å². The van der Waals surface area contributed by atoms with Crippen LogP contribution in [0.25, 0.3) is 0 Å².